The number of carbonyl (C=O) groups excluding carboxylic acids is 1. The lowest BCUT2D eigenvalue weighted by atomic mass is 10.0. The van der Waals surface area contributed by atoms with E-state index >= 15 is 0 Å². The van der Waals surface area contributed by atoms with Gasteiger partial charge in [-0.1, -0.05) is 48.0 Å². The third-order valence-electron chi connectivity index (χ3n) is 5.07. The van der Waals surface area contributed by atoms with Gasteiger partial charge in [-0.2, -0.15) is 0 Å². The lowest BCUT2D eigenvalue weighted by Gasteiger charge is -2.13. The van der Waals surface area contributed by atoms with Crippen molar-refractivity contribution in [3.8, 4) is 22.8 Å². The van der Waals surface area contributed by atoms with E-state index in [0.29, 0.717) is 33.5 Å². The maximum atomic E-state index is 13.3. The molecule has 0 spiro atoms. The van der Waals surface area contributed by atoms with Crippen molar-refractivity contribution < 1.29 is 14.3 Å². The summed E-state index contributed by atoms with van der Waals surface area (Å²) in [6.45, 7) is 2.16. The molecule has 1 aliphatic rings. The maximum Gasteiger partial charge on any atom is 0.256 e. The van der Waals surface area contributed by atoms with Gasteiger partial charge in [-0.25, -0.2) is 4.98 Å². The predicted octanol–water partition coefficient (Wildman–Crippen LogP) is 5.84. The molecule has 3 aromatic carbocycles. The highest BCUT2D eigenvalue weighted by Gasteiger charge is 2.18. The molecule has 30 heavy (non-hydrogen) atoms. The molecule has 1 amide bonds. The van der Waals surface area contributed by atoms with Crippen molar-refractivity contribution in [2.24, 2.45) is 0 Å². The lowest BCUT2D eigenvalue weighted by molar-refractivity contribution is 0.102. The first-order valence-corrected chi connectivity index (χ1v) is 9.84. The van der Waals surface area contributed by atoms with Gasteiger partial charge in [0.25, 0.3) is 5.91 Å². The lowest BCUT2D eigenvalue weighted by Crippen LogP contribution is -2.13. The van der Waals surface area contributed by atoms with Gasteiger partial charge in [0.1, 0.15) is 0 Å². The number of carbonyl (C=O) groups is 1. The monoisotopic (exact) mass is 416 g/mol. The molecule has 148 valence electrons. The van der Waals surface area contributed by atoms with Crippen LogP contribution in [0.25, 0.3) is 22.2 Å². The minimum absolute atomic E-state index is 0.183. The van der Waals surface area contributed by atoms with Crippen LogP contribution in [-0.4, -0.2) is 17.7 Å². The fourth-order valence-electron chi connectivity index (χ4n) is 3.56. The molecule has 0 unspecified atom stereocenters. The number of halogens is 1. The van der Waals surface area contributed by atoms with E-state index < -0.39 is 0 Å². The van der Waals surface area contributed by atoms with Crippen LogP contribution in [0.1, 0.15) is 15.9 Å². The van der Waals surface area contributed by atoms with E-state index in [4.69, 9.17) is 26.1 Å². The number of amides is 1. The summed E-state index contributed by atoms with van der Waals surface area (Å²) in [5.74, 6) is 1.04. The minimum Gasteiger partial charge on any atom is -0.454 e. The van der Waals surface area contributed by atoms with Gasteiger partial charge in [0.2, 0.25) is 6.79 Å². The molecule has 1 aromatic heterocycles. The van der Waals surface area contributed by atoms with E-state index in [0.717, 1.165) is 22.0 Å². The molecule has 6 heteroatoms. The van der Waals surface area contributed by atoms with Crippen molar-refractivity contribution in [1.29, 1.82) is 0 Å². The number of aromatic nitrogens is 1. The summed E-state index contributed by atoms with van der Waals surface area (Å²) in [4.78, 5) is 18.1. The van der Waals surface area contributed by atoms with Gasteiger partial charge in [-0.15, -0.1) is 0 Å². The maximum absolute atomic E-state index is 13.3. The number of anilines is 1. The molecule has 1 N–H and O–H groups in total. The quantitative estimate of drug-likeness (QED) is 0.455. The smallest absolute Gasteiger partial charge is 0.256 e. The van der Waals surface area contributed by atoms with E-state index in [1.165, 1.54) is 0 Å². The standard InChI is InChI=1S/C24H17ClN2O3/c1-14-5-4-7-16-18(12-20(27-23(14)16)17-6-2-3-8-19(17)25)24(28)26-15-9-10-21-22(11-15)30-13-29-21/h2-12H,13H2,1H3,(H,26,28). The number of hydrogen-bond acceptors (Lipinski definition) is 4. The van der Waals surface area contributed by atoms with Gasteiger partial charge in [0.15, 0.2) is 11.5 Å². The second kappa shape index (κ2) is 7.35. The zero-order valence-corrected chi connectivity index (χ0v) is 16.9. The van der Waals surface area contributed by atoms with Gasteiger partial charge >= 0.3 is 0 Å². The topological polar surface area (TPSA) is 60.5 Å². The summed E-state index contributed by atoms with van der Waals surface area (Å²) in [6.07, 6.45) is 0. The molecule has 0 bridgehead atoms. The first kappa shape index (κ1) is 18.5. The van der Waals surface area contributed by atoms with Crippen LogP contribution in [0, 0.1) is 6.92 Å². The SMILES string of the molecule is Cc1cccc2c(C(=O)Nc3ccc4c(c3)OCO4)cc(-c3ccccc3Cl)nc12. The number of pyridine rings is 1. The normalized spacial score (nSPS) is 12.2. The average Bonchev–Trinajstić information content (AvgIpc) is 3.22. The number of para-hydroxylation sites is 1. The molecule has 0 atom stereocenters. The minimum atomic E-state index is -0.236. The zero-order chi connectivity index (χ0) is 20.7. The summed E-state index contributed by atoms with van der Waals surface area (Å²) in [5, 5.41) is 4.32. The third-order valence-corrected chi connectivity index (χ3v) is 5.40. The Kier molecular flexibility index (Phi) is 4.52. The first-order valence-electron chi connectivity index (χ1n) is 9.46. The van der Waals surface area contributed by atoms with Crippen LogP contribution in [-0.2, 0) is 0 Å². The van der Waals surface area contributed by atoms with Crippen LogP contribution < -0.4 is 14.8 Å². The zero-order valence-electron chi connectivity index (χ0n) is 16.1. The predicted molar refractivity (Wildman–Crippen MR) is 117 cm³/mol. The van der Waals surface area contributed by atoms with Crippen molar-refractivity contribution in [3.05, 3.63) is 82.9 Å². The van der Waals surface area contributed by atoms with E-state index in [-0.39, 0.29) is 12.7 Å². The summed E-state index contributed by atoms with van der Waals surface area (Å²) in [7, 11) is 0. The molecule has 1 aliphatic heterocycles. The van der Waals surface area contributed by atoms with Crippen molar-refractivity contribution in [3.63, 3.8) is 0 Å². The van der Waals surface area contributed by atoms with E-state index in [9.17, 15) is 4.79 Å². The molecule has 0 fully saturated rings. The Bertz CT molecular complexity index is 1300. The highest BCUT2D eigenvalue weighted by Crippen LogP contribution is 2.35. The van der Waals surface area contributed by atoms with Crippen LogP contribution in [0.3, 0.4) is 0 Å². The number of aryl methyl sites for hydroxylation is 1. The van der Waals surface area contributed by atoms with Gasteiger partial charge in [-0.05, 0) is 36.8 Å². The van der Waals surface area contributed by atoms with Gasteiger partial charge in [-0.3, -0.25) is 4.79 Å². The Morgan fingerprint density at radius 1 is 1.00 bits per heavy atom. The van der Waals surface area contributed by atoms with Gasteiger partial charge < -0.3 is 14.8 Å². The largest absolute Gasteiger partial charge is 0.454 e. The summed E-state index contributed by atoms with van der Waals surface area (Å²) in [5.41, 5.74) is 4.33. The Labute approximate surface area is 178 Å². The number of fused-ring (bicyclic) bond motifs is 2. The van der Waals surface area contributed by atoms with Crippen LogP contribution in [0.2, 0.25) is 5.02 Å². The first-order chi connectivity index (χ1) is 14.6. The second-order valence-electron chi connectivity index (χ2n) is 7.03. The van der Waals surface area contributed by atoms with Crippen molar-refractivity contribution in [2.75, 3.05) is 12.1 Å². The molecule has 5 nitrogen and oxygen atoms in total. The summed E-state index contributed by atoms with van der Waals surface area (Å²) >= 11 is 6.40. The number of nitrogens with zero attached hydrogens (tertiary/aromatic N) is 1. The van der Waals surface area contributed by atoms with Crippen LogP contribution in [0.5, 0.6) is 11.5 Å². The number of nitrogens with one attached hydrogen (secondary N) is 1. The fourth-order valence-corrected chi connectivity index (χ4v) is 3.79. The van der Waals surface area contributed by atoms with E-state index in [2.05, 4.69) is 5.32 Å². The van der Waals surface area contributed by atoms with Crippen LogP contribution in [0.15, 0.2) is 66.7 Å². The number of hydrogen-bond donors (Lipinski definition) is 1. The Morgan fingerprint density at radius 3 is 2.70 bits per heavy atom. The molecule has 0 saturated heterocycles. The average molecular weight is 417 g/mol. The number of benzene rings is 3. The molecule has 0 radical (unpaired) electrons. The van der Waals surface area contributed by atoms with Gasteiger partial charge in [0, 0.05) is 27.7 Å². The summed E-state index contributed by atoms with van der Waals surface area (Å²) in [6, 6.07) is 20.4. The Balaban J connectivity index is 1.61. The summed E-state index contributed by atoms with van der Waals surface area (Å²) < 4.78 is 10.7. The Morgan fingerprint density at radius 2 is 1.83 bits per heavy atom. The second-order valence-corrected chi connectivity index (χ2v) is 7.44. The Hall–Kier alpha value is -3.57. The molecule has 0 aliphatic carbocycles. The van der Waals surface area contributed by atoms with Crippen molar-refractivity contribution in [2.45, 2.75) is 6.92 Å². The molecule has 2 heterocycles. The van der Waals surface area contributed by atoms with E-state index in [1.807, 2.05) is 49.4 Å². The van der Waals surface area contributed by atoms with Crippen LogP contribution in [0.4, 0.5) is 5.69 Å². The van der Waals surface area contributed by atoms with Crippen LogP contribution >= 0.6 is 11.6 Å². The number of rotatable bonds is 3. The van der Waals surface area contributed by atoms with E-state index in [1.54, 1.807) is 24.3 Å². The molecular formula is C24H17ClN2O3. The molecule has 0 saturated carbocycles. The highest BCUT2D eigenvalue weighted by atomic mass is 35.5. The third kappa shape index (κ3) is 3.23. The highest BCUT2D eigenvalue weighted by molar-refractivity contribution is 6.33. The molecule has 5 rings (SSSR count). The molecule has 4 aromatic rings. The van der Waals surface area contributed by atoms with Gasteiger partial charge in [0.05, 0.1) is 16.8 Å². The fraction of sp³-hybridized carbons (Fsp3) is 0.0833. The number of ether oxygens (including phenoxy) is 2. The van der Waals surface area contributed by atoms with Crippen molar-refractivity contribution >= 4 is 34.1 Å². The molecular weight excluding hydrogens is 400 g/mol. The van der Waals surface area contributed by atoms with Crippen molar-refractivity contribution in [1.82, 2.24) is 4.98 Å².